The number of esters is 1. The highest BCUT2D eigenvalue weighted by atomic mass is 16.6. The first-order valence-electron chi connectivity index (χ1n) is 11.2. The number of ether oxygens (including phenoxy) is 4. The second kappa shape index (κ2) is 10.5. The summed E-state index contributed by atoms with van der Waals surface area (Å²) in [5.74, 6) is 0.541. The summed E-state index contributed by atoms with van der Waals surface area (Å²) < 4.78 is 22.3. The summed E-state index contributed by atoms with van der Waals surface area (Å²) in [7, 11) is 0. The van der Waals surface area contributed by atoms with E-state index in [1.807, 2.05) is 84.9 Å². The maximum atomic E-state index is 11.2. The van der Waals surface area contributed by atoms with E-state index in [0.717, 1.165) is 27.6 Å². The van der Waals surface area contributed by atoms with Crippen molar-refractivity contribution in [2.24, 2.45) is 0 Å². The third-order valence-electron chi connectivity index (χ3n) is 5.16. The Kier molecular flexibility index (Phi) is 6.66. The fourth-order valence-corrected chi connectivity index (χ4v) is 3.48. The molecular formula is C28H21N3O5. The van der Waals surface area contributed by atoms with Crippen LogP contribution in [0.3, 0.4) is 0 Å². The Balaban J connectivity index is 1.40. The third kappa shape index (κ3) is 5.56. The van der Waals surface area contributed by atoms with Gasteiger partial charge < -0.3 is 18.9 Å². The summed E-state index contributed by atoms with van der Waals surface area (Å²) in [5, 5.41) is 4.19. The Hall–Kier alpha value is -4.98. The van der Waals surface area contributed by atoms with Crippen molar-refractivity contribution in [3.05, 3.63) is 97.6 Å². The summed E-state index contributed by atoms with van der Waals surface area (Å²) in [6, 6.07) is 27.1. The van der Waals surface area contributed by atoms with E-state index < -0.39 is 5.97 Å². The van der Waals surface area contributed by atoms with Crippen LogP contribution in [0.15, 0.2) is 97.6 Å². The lowest BCUT2D eigenvalue weighted by Gasteiger charge is -2.10. The van der Waals surface area contributed by atoms with Crippen LogP contribution in [0.4, 0.5) is 0 Å². The van der Waals surface area contributed by atoms with Gasteiger partial charge in [-0.1, -0.05) is 67.2 Å². The minimum Gasteiger partial charge on any atom is -0.460 e. The van der Waals surface area contributed by atoms with E-state index in [0.29, 0.717) is 11.5 Å². The average molecular weight is 479 g/mol. The fourth-order valence-electron chi connectivity index (χ4n) is 3.48. The Labute approximate surface area is 206 Å². The van der Waals surface area contributed by atoms with Crippen LogP contribution in [0, 0.1) is 0 Å². The monoisotopic (exact) mass is 479 g/mol. The molecule has 0 radical (unpaired) electrons. The molecule has 0 saturated carbocycles. The van der Waals surface area contributed by atoms with Crippen LogP contribution in [0.2, 0.25) is 0 Å². The molecule has 1 aromatic heterocycles. The maximum Gasteiger partial charge on any atom is 0.331 e. The van der Waals surface area contributed by atoms with Gasteiger partial charge in [-0.15, -0.1) is 15.0 Å². The molecule has 1 heterocycles. The number of fused-ring (bicyclic) bond motifs is 2. The van der Waals surface area contributed by atoms with Gasteiger partial charge in [-0.05, 0) is 45.8 Å². The third-order valence-corrected chi connectivity index (χ3v) is 5.16. The van der Waals surface area contributed by atoms with Gasteiger partial charge >= 0.3 is 24.0 Å². The van der Waals surface area contributed by atoms with Gasteiger partial charge in [0.1, 0.15) is 24.7 Å². The summed E-state index contributed by atoms with van der Waals surface area (Å²) in [4.78, 5) is 24.0. The van der Waals surface area contributed by atoms with E-state index in [-0.39, 0.29) is 31.2 Å². The lowest BCUT2D eigenvalue weighted by Crippen LogP contribution is -2.12. The molecular weight excluding hydrogens is 458 g/mol. The van der Waals surface area contributed by atoms with Crippen molar-refractivity contribution in [1.29, 1.82) is 0 Å². The highest BCUT2D eigenvalue weighted by Gasteiger charge is 2.13. The second-order valence-corrected chi connectivity index (χ2v) is 7.63. The SMILES string of the molecule is C=CC(=O)OCCOc1nc(Oc2ccc3ccccc3c2)nc(Oc2ccc3ccccc3c2)n1. The zero-order valence-corrected chi connectivity index (χ0v) is 19.2. The molecule has 0 spiro atoms. The van der Waals surface area contributed by atoms with Crippen LogP contribution < -0.4 is 14.2 Å². The van der Waals surface area contributed by atoms with Gasteiger partial charge in [0.15, 0.2) is 0 Å². The van der Waals surface area contributed by atoms with E-state index in [9.17, 15) is 4.79 Å². The minimum absolute atomic E-state index is 0.00172. The number of benzene rings is 4. The average Bonchev–Trinajstić information content (AvgIpc) is 2.91. The molecule has 0 atom stereocenters. The summed E-state index contributed by atoms with van der Waals surface area (Å²) in [6.45, 7) is 3.38. The van der Waals surface area contributed by atoms with Gasteiger partial charge in [0.2, 0.25) is 0 Å². The lowest BCUT2D eigenvalue weighted by molar-refractivity contribution is -0.138. The molecule has 0 saturated heterocycles. The van der Waals surface area contributed by atoms with Crippen molar-refractivity contribution in [3.63, 3.8) is 0 Å². The predicted octanol–water partition coefficient (Wildman–Crippen LogP) is 5.87. The quantitative estimate of drug-likeness (QED) is 0.147. The summed E-state index contributed by atoms with van der Waals surface area (Å²) in [6.07, 6.45) is 1.08. The van der Waals surface area contributed by atoms with Crippen molar-refractivity contribution in [2.45, 2.75) is 0 Å². The molecule has 0 N–H and O–H groups in total. The van der Waals surface area contributed by atoms with Crippen LogP contribution in [-0.2, 0) is 9.53 Å². The smallest absolute Gasteiger partial charge is 0.331 e. The zero-order chi connectivity index (χ0) is 24.7. The molecule has 0 unspecified atom stereocenters. The maximum absolute atomic E-state index is 11.2. The predicted molar refractivity (Wildman–Crippen MR) is 135 cm³/mol. The number of hydrogen-bond acceptors (Lipinski definition) is 8. The molecule has 0 amide bonds. The highest BCUT2D eigenvalue weighted by Crippen LogP contribution is 2.28. The van der Waals surface area contributed by atoms with Gasteiger partial charge in [0.25, 0.3) is 0 Å². The number of rotatable bonds is 9. The largest absolute Gasteiger partial charge is 0.460 e. The molecule has 5 rings (SSSR count). The van der Waals surface area contributed by atoms with Crippen molar-refractivity contribution < 1.29 is 23.7 Å². The molecule has 0 aliphatic heterocycles. The van der Waals surface area contributed by atoms with E-state index in [4.69, 9.17) is 18.9 Å². The van der Waals surface area contributed by atoms with E-state index in [2.05, 4.69) is 21.5 Å². The van der Waals surface area contributed by atoms with Gasteiger partial charge in [-0.3, -0.25) is 0 Å². The van der Waals surface area contributed by atoms with E-state index in [1.54, 1.807) is 0 Å². The van der Waals surface area contributed by atoms with Crippen LogP contribution in [0.5, 0.6) is 29.5 Å². The number of hydrogen-bond donors (Lipinski definition) is 0. The van der Waals surface area contributed by atoms with Crippen molar-refractivity contribution >= 4 is 27.5 Å². The van der Waals surface area contributed by atoms with Gasteiger partial charge in [-0.25, -0.2) is 4.79 Å². The normalized spacial score (nSPS) is 10.7. The van der Waals surface area contributed by atoms with Crippen molar-refractivity contribution in [1.82, 2.24) is 15.0 Å². The summed E-state index contributed by atoms with van der Waals surface area (Å²) >= 11 is 0. The molecule has 5 aromatic rings. The number of carbonyl (C=O) groups is 1. The lowest BCUT2D eigenvalue weighted by atomic mass is 10.1. The zero-order valence-electron chi connectivity index (χ0n) is 19.2. The van der Waals surface area contributed by atoms with E-state index in [1.165, 1.54) is 0 Å². The molecule has 0 aliphatic carbocycles. The molecule has 8 nitrogen and oxygen atoms in total. The molecule has 4 aromatic carbocycles. The second-order valence-electron chi connectivity index (χ2n) is 7.63. The van der Waals surface area contributed by atoms with Crippen molar-refractivity contribution in [3.8, 4) is 29.5 Å². The van der Waals surface area contributed by atoms with Gasteiger partial charge in [0.05, 0.1) is 0 Å². The molecule has 0 fully saturated rings. The first-order valence-corrected chi connectivity index (χ1v) is 11.2. The Bertz CT molecular complexity index is 1450. The first-order chi connectivity index (χ1) is 17.7. The van der Waals surface area contributed by atoms with Gasteiger partial charge in [-0.2, -0.15) is 0 Å². The number of carbonyl (C=O) groups excluding carboxylic acids is 1. The van der Waals surface area contributed by atoms with Crippen LogP contribution in [0.1, 0.15) is 0 Å². The molecule has 36 heavy (non-hydrogen) atoms. The first kappa shape index (κ1) is 22.8. The van der Waals surface area contributed by atoms with E-state index >= 15 is 0 Å². The minimum atomic E-state index is -0.546. The fraction of sp³-hybridized carbons (Fsp3) is 0.0714. The molecule has 178 valence electrons. The van der Waals surface area contributed by atoms with Gasteiger partial charge in [0, 0.05) is 6.08 Å². The molecule has 0 bridgehead atoms. The van der Waals surface area contributed by atoms with Crippen LogP contribution in [0.25, 0.3) is 21.5 Å². The Morgan fingerprint density at radius 3 is 1.69 bits per heavy atom. The van der Waals surface area contributed by atoms with Crippen LogP contribution >= 0.6 is 0 Å². The highest BCUT2D eigenvalue weighted by molar-refractivity contribution is 5.84. The topological polar surface area (TPSA) is 92.7 Å². The number of aromatic nitrogens is 3. The summed E-state index contributed by atoms with van der Waals surface area (Å²) in [5.41, 5.74) is 0. The van der Waals surface area contributed by atoms with Crippen molar-refractivity contribution in [2.75, 3.05) is 13.2 Å². The van der Waals surface area contributed by atoms with Crippen LogP contribution in [-0.4, -0.2) is 34.1 Å². The standard InChI is InChI=1S/C28H21N3O5/c1-2-25(32)33-15-16-34-26-29-27(35-23-13-11-19-7-3-5-9-21(19)17-23)31-28(30-26)36-24-14-12-20-8-4-6-10-22(20)18-24/h2-14,17-18H,1,15-16H2. The number of nitrogens with zero attached hydrogens (tertiary/aromatic N) is 3. The molecule has 0 aliphatic rings. The Morgan fingerprint density at radius 1 is 0.667 bits per heavy atom. The molecule has 8 heteroatoms. The Morgan fingerprint density at radius 2 is 1.17 bits per heavy atom.